The number of rotatable bonds is 5. The average Bonchev–Trinajstić information content (AvgIpc) is 3.43. The van der Waals surface area contributed by atoms with Crippen LogP contribution in [0.1, 0.15) is 24.5 Å². The number of pyridine rings is 1. The van der Waals surface area contributed by atoms with E-state index < -0.39 is 6.55 Å². The first-order valence-electron chi connectivity index (χ1n) is 9.48. The Labute approximate surface area is 171 Å². The van der Waals surface area contributed by atoms with Gasteiger partial charge in [-0.25, -0.2) is 14.1 Å². The summed E-state index contributed by atoms with van der Waals surface area (Å²) in [6, 6.07) is 11.1. The number of benzene rings is 1. The predicted molar refractivity (Wildman–Crippen MR) is 106 cm³/mol. The van der Waals surface area contributed by atoms with Crippen molar-refractivity contribution in [3.63, 3.8) is 0 Å². The first-order valence-corrected chi connectivity index (χ1v) is 9.48. The van der Waals surface area contributed by atoms with Gasteiger partial charge in [-0.3, -0.25) is 4.79 Å². The molecule has 8 heteroatoms. The van der Waals surface area contributed by atoms with Crippen LogP contribution in [0.5, 0.6) is 0 Å². The van der Waals surface area contributed by atoms with E-state index in [0.717, 1.165) is 12.0 Å². The van der Waals surface area contributed by atoms with Crippen LogP contribution >= 0.6 is 0 Å². The lowest BCUT2D eigenvalue weighted by Crippen LogP contribution is -2.26. The maximum Gasteiger partial charge on any atom is 0.333 e. The molecule has 1 aliphatic heterocycles. The molecule has 1 atom stereocenters. The van der Waals surface area contributed by atoms with Crippen molar-refractivity contribution in [1.29, 1.82) is 0 Å². The van der Waals surface area contributed by atoms with Gasteiger partial charge in [0.15, 0.2) is 0 Å². The summed E-state index contributed by atoms with van der Waals surface area (Å²) in [5.41, 5.74) is 2.92. The van der Waals surface area contributed by atoms with Crippen molar-refractivity contribution in [1.82, 2.24) is 19.7 Å². The van der Waals surface area contributed by atoms with Crippen LogP contribution in [0.3, 0.4) is 0 Å². The zero-order chi connectivity index (χ0) is 21.3. The van der Waals surface area contributed by atoms with Gasteiger partial charge < -0.3 is 4.90 Å². The summed E-state index contributed by atoms with van der Waals surface area (Å²) in [5, 5.41) is 3.98. The number of hydrogen-bond donors (Lipinski definition) is 0. The Bertz CT molecular complexity index is 1080. The summed E-state index contributed by atoms with van der Waals surface area (Å²) < 4.78 is 40.0. The molecule has 0 saturated carbocycles. The van der Waals surface area contributed by atoms with Gasteiger partial charge in [0.25, 0.3) is 0 Å². The molecule has 154 valence electrons. The Hall–Kier alpha value is -3.42. The number of aromatic nitrogens is 3. The lowest BCUT2D eigenvalue weighted by Gasteiger charge is -2.17. The summed E-state index contributed by atoms with van der Waals surface area (Å²) >= 11 is 0. The molecular formula is C22H19F3N4O. The van der Waals surface area contributed by atoms with E-state index in [0.29, 0.717) is 40.4 Å². The van der Waals surface area contributed by atoms with Gasteiger partial charge in [-0.15, -0.1) is 0 Å². The second-order valence-electron chi connectivity index (χ2n) is 7.07. The second kappa shape index (κ2) is 8.14. The Kier molecular flexibility index (Phi) is 5.39. The number of halogens is 3. The number of nitrogens with zero attached hydrogens (tertiary/aromatic N) is 4. The molecular weight excluding hydrogens is 393 g/mol. The molecule has 0 N–H and O–H groups in total. The number of carbonyl (C=O) groups is 1. The van der Waals surface area contributed by atoms with Crippen LogP contribution < -0.4 is 0 Å². The number of likely N-dealkylation sites (tertiary alicyclic amines) is 1. The quantitative estimate of drug-likeness (QED) is 0.574. The number of alkyl halides is 2. The van der Waals surface area contributed by atoms with Crippen LogP contribution in [0.2, 0.25) is 0 Å². The zero-order valence-corrected chi connectivity index (χ0v) is 16.0. The maximum absolute atomic E-state index is 13.3. The van der Waals surface area contributed by atoms with E-state index in [1.54, 1.807) is 17.0 Å². The van der Waals surface area contributed by atoms with Crippen molar-refractivity contribution in [3.05, 3.63) is 72.7 Å². The smallest absolute Gasteiger partial charge is 0.333 e. The van der Waals surface area contributed by atoms with Crippen LogP contribution in [-0.4, -0.2) is 38.7 Å². The minimum absolute atomic E-state index is 0.00429. The molecule has 1 amide bonds. The fraction of sp³-hybridized carbons (Fsp3) is 0.227. The molecule has 1 aliphatic rings. The number of amides is 1. The predicted octanol–water partition coefficient (Wildman–Crippen LogP) is 4.65. The molecule has 1 aromatic carbocycles. The van der Waals surface area contributed by atoms with E-state index in [9.17, 15) is 18.0 Å². The fourth-order valence-electron chi connectivity index (χ4n) is 3.70. The molecule has 4 rings (SSSR count). The molecule has 5 nitrogen and oxygen atoms in total. The number of hydrogen-bond acceptors (Lipinski definition) is 3. The van der Waals surface area contributed by atoms with E-state index >= 15 is 0 Å². The van der Waals surface area contributed by atoms with E-state index in [2.05, 4.69) is 16.7 Å². The second-order valence-corrected chi connectivity index (χ2v) is 7.07. The van der Waals surface area contributed by atoms with Crippen molar-refractivity contribution in [2.24, 2.45) is 0 Å². The molecule has 1 fully saturated rings. The van der Waals surface area contributed by atoms with Crippen LogP contribution in [-0.2, 0) is 4.79 Å². The third-order valence-electron chi connectivity index (χ3n) is 5.23. The van der Waals surface area contributed by atoms with Crippen molar-refractivity contribution in [2.45, 2.75) is 18.9 Å². The molecule has 2 aromatic heterocycles. The first kappa shape index (κ1) is 19.9. The summed E-state index contributed by atoms with van der Waals surface area (Å²) in [6.07, 6.45) is 3.21. The Morgan fingerprint density at radius 2 is 1.90 bits per heavy atom. The van der Waals surface area contributed by atoms with Gasteiger partial charge >= 0.3 is 6.55 Å². The minimum Gasteiger partial charge on any atom is -0.339 e. The van der Waals surface area contributed by atoms with Crippen molar-refractivity contribution >= 4 is 5.91 Å². The normalized spacial score (nSPS) is 16.3. The van der Waals surface area contributed by atoms with Crippen LogP contribution in [0.15, 0.2) is 61.3 Å². The van der Waals surface area contributed by atoms with E-state index in [4.69, 9.17) is 0 Å². The highest BCUT2D eigenvalue weighted by molar-refractivity contribution is 5.87. The van der Waals surface area contributed by atoms with E-state index in [-0.39, 0.29) is 17.6 Å². The third kappa shape index (κ3) is 3.85. The lowest BCUT2D eigenvalue weighted by atomic mass is 9.94. The van der Waals surface area contributed by atoms with Gasteiger partial charge in [0, 0.05) is 30.8 Å². The average molecular weight is 412 g/mol. The minimum atomic E-state index is -2.75. The molecule has 0 bridgehead atoms. The van der Waals surface area contributed by atoms with E-state index in [1.807, 2.05) is 12.1 Å². The molecule has 30 heavy (non-hydrogen) atoms. The SMILES string of the molecule is C=CC(=O)N1CC[C@H](c2ccc(-c3ccc(F)cc3)nc2-c2ccn(C(F)F)n2)C1. The van der Waals surface area contributed by atoms with Crippen molar-refractivity contribution < 1.29 is 18.0 Å². The Morgan fingerprint density at radius 3 is 2.57 bits per heavy atom. The highest BCUT2D eigenvalue weighted by Crippen LogP contribution is 2.35. The lowest BCUT2D eigenvalue weighted by molar-refractivity contribution is -0.125. The standard InChI is InChI=1S/C22H19F3N4O/c1-2-20(30)28-11-9-15(13-28)17-7-8-18(14-3-5-16(23)6-4-14)26-21(17)19-10-12-29(27-19)22(24)25/h2-8,10,12,15,22H,1,9,11,13H2/t15-/m0/s1. The van der Waals surface area contributed by atoms with Crippen LogP contribution in [0.25, 0.3) is 22.6 Å². The van der Waals surface area contributed by atoms with Gasteiger partial charge in [0.05, 0.1) is 11.4 Å². The molecule has 0 unspecified atom stereocenters. The van der Waals surface area contributed by atoms with Gasteiger partial charge in [-0.2, -0.15) is 13.9 Å². The topological polar surface area (TPSA) is 51.0 Å². The highest BCUT2D eigenvalue weighted by Gasteiger charge is 2.29. The summed E-state index contributed by atoms with van der Waals surface area (Å²) in [6.45, 7) is 1.84. The summed E-state index contributed by atoms with van der Waals surface area (Å²) in [5.74, 6) is -0.503. The molecule has 0 radical (unpaired) electrons. The first-order chi connectivity index (χ1) is 14.5. The summed E-state index contributed by atoms with van der Waals surface area (Å²) in [7, 11) is 0. The van der Waals surface area contributed by atoms with Gasteiger partial charge in [-0.1, -0.05) is 12.6 Å². The largest absolute Gasteiger partial charge is 0.339 e. The zero-order valence-electron chi connectivity index (χ0n) is 16.0. The maximum atomic E-state index is 13.3. The fourth-order valence-corrected chi connectivity index (χ4v) is 3.70. The number of carbonyl (C=O) groups excluding carboxylic acids is 1. The highest BCUT2D eigenvalue weighted by atomic mass is 19.3. The summed E-state index contributed by atoms with van der Waals surface area (Å²) in [4.78, 5) is 18.3. The Balaban J connectivity index is 1.76. The molecule has 0 aliphatic carbocycles. The molecule has 0 spiro atoms. The molecule has 3 heterocycles. The third-order valence-corrected chi connectivity index (χ3v) is 5.23. The monoisotopic (exact) mass is 412 g/mol. The van der Waals surface area contributed by atoms with Crippen LogP contribution in [0.4, 0.5) is 13.2 Å². The van der Waals surface area contributed by atoms with Gasteiger partial charge in [0.1, 0.15) is 11.5 Å². The Morgan fingerprint density at radius 1 is 1.13 bits per heavy atom. The van der Waals surface area contributed by atoms with Gasteiger partial charge in [-0.05, 0) is 54.5 Å². The van der Waals surface area contributed by atoms with Crippen LogP contribution in [0, 0.1) is 5.82 Å². The molecule has 1 saturated heterocycles. The van der Waals surface area contributed by atoms with E-state index in [1.165, 1.54) is 30.5 Å². The van der Waals surface area contributed by atoms with Crippen molar-refractivity contribution in [3.8, 4) is 22.6 Å². The molecule has 3 aromatic rings. The van der Waals surface area contributed by atoms with Gasteiger partial charge in [0.2, 0.25) is 5.91 Å². The van der Waals surface area contributed by atoms with Crippen molar-refractivity contribution in [2.75, 3.05) is 13.1 Å².